The van der Waals surface area contributed by atoms with Crippen LogP contribution >= 0.6 is 27.3 Å². The molecule has 4 rings (SSSR count). The average Bonchev–Trinajstić information content (AvgIpc) is 3.04. The number of thiophene rings is 1. The predicted molar refractivity (Wildman–Crippen MR) is 125 cm³/mol. The Kier molecular flexibility index (Phi) is 6.13. The third kappa shape index (κ3) is 4.31. The van der Waals surface area contributed by atoms with Gasteiger partial charge in [-0.2, -0.15) is 0 Å². The maximum absolute atomic E-state index is 6.13. The van der Waals surface area contributed by atoms with E-state index in [0.29, 0.717) is 0 Å². The Morgan fingerprint density at radius 1 is 0.857 bits per heavy atom. The molecule has 0 N–H and O–H groups in total. The van der Waals surface area contributed by atoms with Crippen molar-refractivity contribution in [3.8, 4) is 22.6 Å². The summed E-state index contributed by atoms with van der Waals surface area (Å²) in [5.41, 5.74) is 3.93. The number of aryl methyl sites for hydroxylation is 1. The number of rotatable bonds is 7. The zero-order valence-corrected chi connectivity index (χ0v) is 18.4. The second kappa shape index (κ2) is 8.93. The van der Waals surface area contributed by atoms with Crippen molar-refractivity contribution in [3.63, 3.8) is 0 Å². The Hall–Kier alpha value is -2.10. The fourth-order valence-corrected chi connectivity index (χ4v) is 5.08. The number of hydrogen-bond acceptors (Lipinski definition) is 2. The third-order valence-corrected chi connectivity index (χ3v) is 6.69. The third-order valence-electron chi connectivity index (χ3n) is 4.92. The van der Waals surface area contributed by atoms with Crippen molar-refractivity contribution in [1.82, 2.24) is 0 Å². The summed E-state index contributed by atoms with van der Waals surface area (Å²) in [7, 11) is 0. The van der Waals surface area contributed by atoms with Gasteiger partial charge in [-0.15, -0.1) is 11.3 Å². The highest BCUT2D eigenvalue weighted by Crippen LogP contribution is 2.44. The van der Waals surface area contributed by atoms with E-state index in [9.17, 15) is 0 Å². The molecule has 28 heavy (non-hydrogen) atoms. The van der Waals surface area contributed by atoms with Crippen molar-refractivity contribution in [1.29, 1.82) is 0 Å². The van der Waals surface area contributed by atoms with E-state index >= 15 is 0 Å². The van der Waals surface area contributed by atoms with E-state index in [4.69, 9.17) is 4.74 Å². The van der Waals surface area contributed by atoms with E-state index in [1.165, 1.54) is 47.1 Å². The molecule has 0 aliphatic rings. The van der Waals surface area contributed by atoms with E-state index in [-0.39, 0.29) is 0 Å². The molecule has 0 fully saturated rings. The quantitative estimate of drug-likeness (QED) is 0.255. The first-order valence-corrected chi connectivity index (χ1v) is 11.4. The summed E-state index contributed by atoms with van der Waals surface area (Å²) in [6, 6.07) is 25.6. The maximum atomic E-state index is 6.13. The maximum Gasteiger partial charge on any atom is 0.160 e. The Morgan fingerprint density at radius 3 is 2.36 bits per heavy atom. The molecule has 0 aliphatic carbocycles. The summed E-state index contributed by atoms with van der Waals surface area (Å²) in [6.07, 6.45) is 5.02. The molecular formula is C25H23BrOS. The molecule has 1 nitrogen and oxygen atoms in total. The number of halogens is 1. The molecular weight excluding hydrogens is 428 g/mol. The van der Waals surface area contributed by atoms with Gasteiger partial charge in [0.15, 0.2) is 5.75 Å². The highest BCUT2D eigenvalue weighted by Gasteiger charge is 2.13. The van der Waals surface area contributed by atoms with Gasteiger partial charge < -0.3 is 4.74 Å². The van der Waals surface area contributed by atoms with Crippen molar-refractivity contribution in [2.24, 2.45) is 0 Å². The molecule has 0 amide bonds. The lowest BCUT2D eigenvalue weighted by Gasteiger charge is -2.07. The molecule has 1 heterocycles. The molecule has 0 aliphatic heterocycles. The Morgan fingerprint density at radius 2 is 1.61 bits per heavy atom. The average molecular weight is 451 g/mol. The lowest BCUT2D eigenvalue weighted by atomic mass is 10.0. The summed E-state index contributed by atoms with van der Waals surface area (Å²) in [5, 5.41) is 1.14. The number of hydrogen-bond donors (Lipinski definition) is 0. The fourth-order valence-electron chi connectivity index (χ4n) is 3.37. The fraction of sp³-hybridized carbons (Fsp3) is 0.200. The Balaban J connectivity index is 1.58. The molecule has 0 saturated heterocycles. The van der Waals surface area contributed by atoms with Crippen LogP contribution in [-0.2, 0) is 6.42 Å². The molecule has 142 valence electrons. The summed E-state index contributed by atoms with van der Waals surface area (Å²) in [4.78, 5) is 0. The minimum Gasteiger partial charge on any atom is -0.455 e. The number of para-hydroxylation sites is 1. The topological polar surface area (TPSA) is 9.23 Å². The molecule has 3 heteroatoms. The number of fused-ring (bicyclic) bond motifs is 1. The SMILES string of the molecule is CCCCCc1ccc(-c2ccc3c(Oc4ccccc4)c(Br)sc3c2)cc1. The van der Waals surface area contributed by atoms with Gasteiger partial charge in [0.1, 0.15) is 9.54 Å². The second-order valence-electron chi connectivity index (χ2n) is 6.98. The van der Waals surface area contributed by atoms with Crippen molar-refractivity contribution in [3.05, 3.63) is 82.1 Å². The van der Waals surface area contributed by atoms with Crippen LogP contribution in [0.15, 0.2) is 76.6 Å². The van der Waals surface area contributed by atoms with Gasteiger partial charge in [0, 0.05) is 10.1 Å². The highest BCUT2D eigenvalue weighted by molar-refractivity contribution is 9.11. The highest BCUT2D eigenvalue weighted by atomic mass is 79.9. The van der Waals surface area contributed by atoms with Crippen LogP contribution < -0.4 is 4.74 Å². The predicted octanol–water partition coefficient (Wildman–Crippen LogP) is 8.86. The van der Waals surface area contributed by atoms with Gasteiger partial charge in [0.25, 0.3) is 0 Å². The molecule has 0 radical (unpaired) electrons. The standard InChI is InChI=1S/C25H23BrOS/c1-2-3-5-8-18-11-13-19(14-12-18)20-15-16-22-23(17-20)28-25(26)24(22)27-21-9-6-4-7-10-21/h4,6-7,9-17H,2-3,5,8H2,1H3. The van der Waals surface area contributed by atoms with Crippen LogP contribution in [0.1, 0.15) is 31.7 Å². The van der Waals surface area contributed by atoms with Crippen molar-refractivity contribution in [2.45, 2.75) is 32.6 Å². The number of unbranched alkanes of at least 4 members (excludes halogenated alkanes) is 2. The van der Waals surface area contributed by atoms with Crippen molar-refractivity contribution >= 4 is 37.4 Å². The first-order valence-electron chi connectivity index (χ1n) is 9.79. The molecule has 1 aromatic heterocycles. The van der Waals surface area contributed by atoms with Gasteiger partial charge in [-0.3, -0.25) is 0 Å². The second-order valence-corrected chi connectivity index (χ2v) is 9.36. The summed E-state index contributed by atoms with van der Waals surface area (Å²) >= 11 is 5.40. The zero-order valence-electron chi connectivity index (χ0n) is 16.0. The Labute approximate surface area is 179 Å². The lowest BCUT2D eigenvalue weighted by molar-refractivity contribution is 0.487. The van der Waals surface area contributed by atoms with Gasteiger partial charge in [-0.1, -0.05) is 68.3 Å². The largest absolute Gasteiger partial charge is 0.455 e. The minimum atomic E-state index is 0.852. The van der Waals surface area contributed by atoms with Gasteiger partial charge in [0.2, 0.25) is 0 Å². The van der Waals surface area contributed by atoms with Crippen molar-refractivity contribution in [2.75, 3.05) is 0 Å². The minimum absolute atomic E-state index is 0.852. The monoisotopic (exact) mass is 450 g/mol. The molecule has 0 bridgehead atoms. The molecule has 4 aromatic rings. The van der Waals surface area contributed by atoms with Crippen LogP contribution in [0.5, 0.6) is 11.5 Å². The first kappa shape index (κ1) is 19.2. The normalized spacial score (nSPS) is 11.1. The van der Waals surface area contributed by atoms with Crippen LogP contribution in [0, 0.1) is 0 Å². The van der Waals surface area contributed by atoms with E-state index in [1.807, 2.05) is 30.3 Å². The molecule has 0 unspecified atom stereocenters. The smallest absolute Gasteiger partial charge is 0.160 e. The lowest BCUT2D eigenvalue weighted by Crippen LogP contribution is -1.86. The summed E-state index contributed by atoms with van der Waals surface area (Å²) < 4.78 is 8.38. The van der Waals surface area contributed by atoms with Gasteiger partial charge >= 0.3 is 0 Å². The number of benzene rings is 3. The first-order chi connectivity index (χ1) is 13.7. The van der Waals surface area contributed by atoms with Crippen LogP contribution in [0.4, 0.5) is 0 Å². The summed E-state index contributed by atoms with van der Waals surface area (Å²) in [6.45, 7) is 2.25. The van der Waals surface area contributed by atoms with Crippen LogP contribution in [0.2, 0.25) is 0 Å². The van der Waals surface area contributed by atoms with E-state index in [0.717, 1.165) is 20.7 Å². The van der Waals surface area contributed by atoms with Crippen LogP contribution in [-0.4, -0.2) is 0 Å². The molecule has 0 spiro atoms. The zero-order chi connectivity index (χ0) is 19.3. The van der Waals surface area contributed by atoms with Gasteiger partial charge in [-0.05, 0) is 69.7 Å². The van der Waals surface area contributed by atoms with E-state index in [1.54, 1.807) is 11.3 Å². The molecule has 0 saturated carbocycles. The number of ether oxygens (including phenoxy) is 1. The van der Waals surface area contributed by atoms with E-state index in [2.05, 4.69) is 65.3 Å². The Bertz CT molecular complexity index is 1050. The molecule has 0 atom stereocenters. The van der Waals surface area contributed by atoms with Crippen LogP contribution in [0.3, 0.4) is 0 Å². The van der Waals surface area contributed by atoms with Crippen LogP contribution in [0.25, 0.3) is 21.2 Å². The van der Waals surface area contributed by atoms with Gasteiger partial charge in [0.05, 0.1) is 0 Å². The molecule has 3 aromatic carbocycles. The van der Waals surface area contributed by atoms with Gasteiger partial charge in [-0.25, -0.2) is 0 Å². The van der Waals surface area contributed by atoms with E-state index < -0.39 is 0 Å². The van der Waals surface area contributed by atoms with Crippen molar-refractivity contribution < 1.29 is 4.74 Å². The summed E-state index contributed by atoms with van der Waals surface area (Å²) in [5.74, 6) is 1.75.